The molecule has 0 aliphatic carbocycles. The summed E-state index contributed by atoms with van der Waals surface area (Å²) in [6.07, 6.45) is 1.49. The van der Waals surface area contributed by atoms with Crippen molar-refractivity contribution in [2.24, 2.45) is 5.10 Å². The molecular weight excluding hydrogens is 388 g/mol. The number of carbonyl (C=O) groups excluding carboxylic acids is 1. The number of carboxylic acid groups (broad SMARTS) is 1. The Kier molecular flexibility index (Phi) is 6.49. The highest BCUT2D eigenvalue weighted by atomic mass is 16.5. The first kappa shape index (κ1) is 20.7. The van der Waals surface area contributed by atoms with Gasteiger partial charge in [-0.2, -0.15) is 5.10 Å². The summed E-state index contributed by atoms with van der Waals surface area (Å²) in [6, 6.07) is 15.0. The Morgan fingerprint density at radius 3 is 2.60 bits per heavy atom. The van der Waals surface area contributed by atoms with E-state index < -0.39 is 5.97 Å². The number of nitrogens with one attached hydrogen (secondary N) is 1. The second-order valence-electron chi connectivity index (χ2n) is 6.25. The first-order valence-electron chi connectivity index (χ1n) is 8.96. The maximum absolute atomic E-state index is 12.1. The van der Waals surface area contributed by atoms with Crippen LogP contribution in [0.5, 0.6) is 11.5 Å². The number of rotatable bonds is 8. The van der Waals surface area contributed by atoms with Crippen LogP contribution < -0.4 is 14.9 Å². The number of hydrogen-bond acceptors (Lipinski definition) is 6. The number of aromatic carboxylic acids is 1. The van der Waals surface area contributed by atoms with Crippen LogP contribution in [-0.4, -0.2) is 37.4 Å². The van der Waals surface area contributed by atoms with E-state index in [-0.39, 0.29) is 17.9 Å². The third kappa shape index (κ3) is 5.05. The average molecular weight is 408 g/mol. The fourth-order valence-corrected chi connectivity index (χ4v) is 2.77. The Labute approximate surface area is 172 Å². The van der Waals surface area contributed by atoms with Crippen LogP contribution >= 0.6 is 0 Å². The van der Waals surface area contributed by atoms with Crippen LogP contribution in [-0.2, 0) is 11.2 Å². The number of methoxy groups -OCH3 is 2. The first-order chi connectivity index (χ1) is 14.5. The topological polar surface area (TPSA) is 110 Å². The van der Waals surface area contributed by atoms with Gasteiger partial charge in [0.25, 0.3) is 0 Å². The second-order valence-corrected chi connectivity index (χ2v) is 6.25. The van der Waals surface area contributed by atoms with Crippen molar-refractivity contribution in [3.05, 3.63) is 71.5 Å². The predicted molar refractivity (Wildman–Crippen MR) is 110 cm³/mol. The molecular formula is C22H20N2O6. The average Bonchev–Trinajstić information content (AvgIpc) is 3.22. The molecule has 0 fully saturated rings. The van der Waals surface area contributed by atoms with Gasteiger partial charge in [-0.15, -0.1) is 0 Å². The maximum atomic E-state index is 12.1. The van der Waals surface area contributed by atoms with Gasteiger partial charge in [0.1, 0.15) is 11.5 Å². The molecule has 154 valence electrons. The molecule has 30 heavy (non-hydrogen) atoms. The lowest BCUT2D eigenvalue weighted by Gasteiger charge is -2.09. The highest BCUT2D eigenvalue weighted by Crippen LogP contribution is 2.27. The molecule has 0 bridgehead atoms. The van der Waals surface area contributed by atoms with E-state index in [1.54, 1.807) is 49.6 Å². The van der Waals surface area contributed by atoms with Crippen molar-refractivity contribution in [2.45, 2.75) is 6.42 Å². The zero-order valence-corrected chi connectivity index (χ0v) is 16.4. The lowest BCUT2D eigenvalue weighted by atomic mass is 10.1. The maximum Gasteiger partial charge on any atom is 0.335 e. The van der Waals surface area contributed by atoms with Crippen molar-refractivity contribution < 1.29 is 28.6 Å². The van der Waals surface area contributed by atoms with Gasteiger partial charge in [0.15, 0.2) is 11.5 Å². The van der Waals surface area contributed by atoms with E-state index in [1.165, 1.54) is 25.5 Å². The summed E-state index contributed by atoms with van der Waals surface area (Å²) >= 11 is 0. The number of hydrogen-bond donors (Lipinski definition) is 2. The van der Waals surface area contributed by atoms with E-state index in [4.69, 9.17) is 19.0 Å². The molecule has 3 aromatic rings. The number of hydrazone groups is 1. The predicted octanol–water partition coefficient (Wildman–Crippen LogP) is 3.35. The van der Waals surface area contributed by atoms with Crippen molar-refractivity contribution in [3.8, 4) is 22.8 Å². The minimum atomic E-state index is -1.01. The summed E-state index contributed by atoms with van der Waals surface area (Å²) in [5.74, 6) is 0.721. The quantitative estimate of drug-likeness (QED) is 0.437. The molecule has 1 heterocycles. The molecule has 3 rings (SSSR count). The van der Waals surface area contributed by atoms with Gasteiger partial charge in [0, 0.05) is 5.56 Å². The SMILES string of the molecule is COc1ccc(CC(=O)NN=Cc2ccc(-c3cccc(C(=O)O)c3)o2)cc1OC. The fourth-order valence-electron chi connectivity index (χ4n) is 2.77. The monoisotopic (exact) mass is 408 g/mol. The molecule has 2 N–H and O–H groups in total. The van der Waals surface area contributed by atoms with E-state index in [9.17, 15) is 9.59 Å². The minimum Gasteiger partial charge on any atom is -0.493 e. The lowest BCUT2D eigenvalue weighted by molar-refractivity contribution is -0.120. The summed E-state index contributed by atoms with van der Waals surface area (Å²) in [6.45, 7) is 0. The normalized spacial score (nSPS) is 10.7. The Balaban J connectivity index is 1.60. The van der Waals surface area contributed by atoms with Crippen LogP contribution in [0.15, 0.2) is 64.1 Å². The van der Waals surface area contributed by atoms with Crippen molar-refractivity contribution in [3.63, 3.8) is 0 Å². The molecule has 0 saturated heterocycles. The molecule has 0 radical (unpaired) electrons. The van der Waals surface area contributed by atoms with Crippen LogP contribution in [0.2, 0.25) is 0 Å². The van der Waals surface area contributed by atoms with Crippen molar-refractivity contribution in [1.82, 2.24) is 5.43 Å². The highest BCUT2D eigenvalue weighted by molar-refractivity contribution is 5.89. The summed E-state index contributed by atoms with van der Waals surface area (Å²) in [7, 11) is 3.07. The molecule has 0 aliphatic rings. The van der Waals surface area contributed by atoms with Crippen molar-refractivity contribution in [2.75, 3.05) is 14.2 Å². The standard InChI is InChI=1S/C22H20N2O6/c1-28-19-8-6-14(10-20(19)29-2)11-21(25)24-23-13-17-7-9-18(30-17)15-4-3-5-16(12-15)22(26)27/h3-10,12-13H,11H2,1-2H3,(H,24,25)(H,26,27). The molecule has 8 nitrogen and oxygen atoms in total. The molecule has 2 aromatic carbocycles. The van der Waals surface area contributed by atoms with Crippen LogP contribution in [0.25, 0.3) is 11.3 Å². The molecule has 1 aromatic heterocycles. The highest BCUT2D eigenvalue weighted by Gasteiger charge is 2.09. The van der Waals surface area contributed by atoms with E-state index in [1.807, 2.05) is 0 Å². The number of amides is 1. The van der Waals surface area contributed by atoms with Crippen LogP contribution in [0.1, 0.15) is 21.7 Å². The molecule has 0 aliphatic heterocycles. The zero-order valence-electron chi connectivity index (χ0n) is 16.4. The van der Waals surface area contributed by atoms with E-state index >= 15 is 0 Å². The van der Waals surface area contributed by atoms with Crippen LogP contribution in [0.4, 0.5) is 0 Å². The molecule has 0 unspecified atom stereocenters. The molecule has 0 atom stereocenters. The number of carboxylic acids is 1. The molecule has 8 heteroatoms. The number of carbonyl (C=O) groups is 2. The summed E-state index contributed by atoms with van der Waals surface area (Å²) in [4.78, 5) is 23.2. The number of nitrogens with zero attached hydrogens (tertiary/aromatic N) is 1. The van der Waals surface area contributed by atoms with Gasteiger partial charge in [-0.25, -0.2) is 10.2 Å². The van der Waals surface area contributed by atoms with Crippen molar-refractivity contribution in [1.29, 1.82) is 0 Å². The zero-order chi connectivity index (χ0) is 21.5. The van der Waals surface area contributed by atoms with E-state index in [0.29, 0.717) is 28.6 Å². The van der Waals surface area contributed by atoms with E-state index in [0.717, 1.165) is 5.56 Å². The Morgan fingerprint density at radius 2 is 1.87 bits per heavy atom. The molecule has 0 spiro atoms. The van der Waals surface area contributed by atoms with Gasteiger partial charge in [-0.1, -0.05) is 18.2 Å². The second kappa shape index (κ2) is 9.42. The Morgan fingerprint density at radius 1 is 1.07 bits per heavy atom. The largest absolute Gasteiger partial charge is 0.493 e. The Hall–Kier alpha value is -4.07. The van der Waals surface area contributed by atoms with Crippen LogP contribution in [0.3, 0.4) is 0 Å². The lowest BCUT2D eigenvalue weighted by Crippen LogP contribution is -2.19. The summed E-state index contributed by atoms with van der Waals surface area (Å²) in [5, 5.41) is 13.0. The number of benzene rings is 2. The van der Waals surface area contributed by atoms with E-state index in [2.05, 4.69) is 10.5 Å². The third-order valence-electron chi connectivity index (χ3n) is 4.21. The van der Waals surface area contributed by atoms with Gasteiger partial charge in [0.05, 0.1) is 32.4 Å². The van der Waals surface area contributed by atoms with Gasteiger partial charge in [-0.3, -0.25) is 4.79 Å². The summed E-state index contributed by atoms with van der Waals surface area (Å²) < 4.78 is 16.0. The molecule has 0 saturated carbocycles. The number of furan rings is 1. The smallest absolute Gasteiger partial charge is 0.335 e. The van der Waals surface area contributed by atoms with Gasteiger partial charge in [0.2, 0.25) is 5.91 Å². The van der Waals surface area contributed by atoms with Crippen LogP contribution in [0, 0.1) is 0 Å². The first-order valence-corrected chi connectivity index (χ1v) is 8.96. The fraction of sp³-hybridized carbons (Fsp3) is 0.136. The van der Waals surface area contributed by atoms with Gasteiger partial charge in [-0.05, 0) is 42.0 Å². The molecule has 1 amide bonds. The minimum absolute atomic E-state index is 0.114. The Bertz CT molecular complexity index is 1090. The third-order valence-corrected chi connectivity index (χ3v) is 4.21. The number of ether oxygens (including phenoxy) is 2. The van der Waals surface area contributed by atoms with Gasteiger partial charge >= 0.3 is 5.97 Å². The van der Waals surface area contributed by atoms with Crippen molar-refractivity contribution >= 4 is 18.1 Å². The van der Waals surface area contributed by atoms with Gasteiger partial charge < -0.3 is 19.0 Å². The summed E-state index contributed by atoms with van der Waals surface area (Å²) in [5.41, 5.74) is 3.99.